The van der Waals surface area contributed by atoms with Crippen LogP contribution in [0.1, 0.15) is 30.9 Å². The molecule has 0 unspecified atom stereocenters. The second-order valence-corrected chi connectivity index (χ2v) is 7.46. The molecule has 5 nitrogen and oxygen atoms in total. The van der Waals surface area contributed by atoms with Crippen molar-refractivity contribution in [3.63, 3.8) is 0 Å². The minimum absolute atomic E-state index is 0.184. The predicted octanol–water partition coefficient (Wildman–Crippen LogP) is 4.34. The minimum Gasteiger partial charge on any atom is -0.367 e. The Balaban J connectivity index is 1.61. The normalized spacial score (nSPS) is 14.2. The smallest absolute Gasteiger partial charge is 0.251 e. The van der Waals surface area contributed by atoms with E-state index in [4.69, 9.17) is 0 Å². The van der Waals surface area contributed by atoms with Crippen LogP contribution < -0.4 is 5.56 Å². The van der Waals surface area contributed by atoms with Gasteiger partial charge in [0.05, 0.1) is 0 Å². The van der Waals surface area contributed by atoms with Crippen LogP contribution in [0, 0.1) is 5.82 Å². The summed E-state index contributed by atoms with van der Waals surface area (Å²) in [5, 5.41) is 0. The summed E-state index contributed by atoms with van der Waals surface area (Å²) in [5.41, 5.74) is 5.96. The van der Waals surface area contributed by atoms with Gasteiger partial charge in [0.25, 0.3) is 5.56 Å². The third-order valence-electron chi connectivity index (χ3n) is 5.63. The molecule has 0 atom stereocenters. The Morgan fingerprint density at radius 1 is 1.20 bits per heavy atom. The molecule has 0 aliphatic carbocycles. The third-order valence-corrected chi connectivity index (χ3v) is 5.63. The maximum absolute atomic E-state index is 14.2. The Hall–Kier alpha value is -3.54. The summed E-state index contributed by atoms with van der Waals surface area (Å²) in [4.78, 5) is 25.4. The number of fused-ring (bicyclic) bond motifs is 1. The number of nitrogens with zero attached hydrogens (tertiary/aromatic N) is 3. The number of hydrogen-bond acceptors (Lipinski definition) is 4. The predicted molar refractivity (Wildman–Crippen MR) is 116 cm³/mol. The Bertz CT molecular complexity index is 1210. The second kappa shape index (κ2) is 8.06. The molecule has 1 aliphatic rings. The maximum atomic E-state index is 14.2. The van der Waals surface area contributed by atoms with Gasteiger partial charge in [-0.1, -0.05) is 24.8 Å². The molecular formula is C24H23FN4O. The number of allylic oxidation sites excluding steroid dienone is 2. The van der Waals surface area contributed by atoms with Crippen LogP contribution in [0.5, 0.6) is 0 Å². The molecule has 152 valence electrons. The van der Waals surface area contributed by atoms with Crippen LogP contribution in [0.15, 0.2) is 71.4 Å². The van der Waals surface area contributed by atoms with Gasteiger partial charge in [0.15, 0.2) is 0 Å². The lowest BCUT2D eigenvalue weighted by molar-refractivity contribution is 0.326. The molecule has 2 aromatic heterocycles. The first-order valence-corrected chi connectivity index (χ1v) is 9.84. The lowest BCUT2D eigenvalue weighted by Crippen LogP contribution is -2.30. The Kier molecular flexibility index (Phi) is 5.31. The quantitative estimate of drug-likeness (QED) is 0.660. The lowest BCUT2D eigenvalue weighted by atomic mass is 9.98. The molecular weight excluding hydrogens is 379 g/mol. The van der Waals surface area contributed by atoms with Gasteiger partial charge < -0.3 is 9.88 Å². The van der Waals surface area contributed by atoms with Crippen LogP contribution in [0.4, 0.5) is 4.39 Å². The summed E-state index contributed by atoms with van der Waals surface area (Å²) in [7, 11) is 0. The number of pyridine rings is 1. The number of hydrogen-bond donors (Lipinski definition) is 1. The number of aromatic nitrogens is 3. The van der Waals surface area contributed by atoms with E-state index in [1.54, 1.807) is 18.3 Å². The Morgan fingerprint density at radius 3 is 2.77 bits per heavy atom. The highest BCUT2D eigenvalue weighted by Crippen LogP contribution is 2.30. The van der Waals surface area contributed by atoms with Crippen molar-refractivity contribution in [3.05, 3.63) is 99.9 Å². The van der Waals surface area contributed by atoms with Gasteiger partial charge in [-0.05, 0) is 42.7 Å². The van der Waals surface area contributed by atoms with Gasteiger partial charge in [-0.25, -0.2) is 9.37 Å². The number of H-pyrrole nitrogens is 1. The highest BCUT2D eigenvalue weighted by Gasteiger charge is 2.21. The molecule has 30 heavy (non-hydrogen) atoms. The average Bonchev–Trinajstić information content (AvgIpc) is 2.77. The zero-order valence-corrected chi connectivity index (χ0v) is 17.1. The fraction of sp³-hybridized carbons (Fsp3) is 0.208. The van der Waals surface area contributed by atoms with E-state index in [9.17, 15) is 9.18 Å². The molecule has 3 aromatic rings. The van der Waals surface area contributed by atoms with Crippen molar-refractivity contribution in [2.24, 2.45) is 0 Å². The van der Waals surface area contributed by atoms with Crippen LogP contribution in [0.3, 0.4) is 0 Å². The first-order chi connectivity index (χ1) is 14.4. The molecule has 1 N–H and O–H groups in total. The topological polar surface area (TPSA) is 61.9 Å². The molecule has 0 fully saturated rings. The van der Waals surface area contributed by atoms with Gasteiger partial charge in [-0.2, -0.15) is 0 Å². The molecule has 0 saturated heterocycles. The second-order valence-electron chi connectivity index (χ2n) is 7.46. The molecule has 0 bridgehead atoms. The van der Waals surface area contributed by atoms with Crippen LogP contribution in [-0.2, 0) is 13.0 Å². The van der Waals surface area contributed by atoms with Crippen LogP contribution >= 0.6 is 0 Å². The van der Waals surface area contributed by atoms with E-state index in [1.165, 1.54) is 18.3 Å². The molecule has 1 aliphatic heterocycles. The minimum atomic E-state index is -0.255. The van der Waals surface area contributed by atoms with E-state index in [0.717, 1.165) is 46.6 Å². The highest BCUT2D eigenvalue weighted by atomic mass is 19.1. The van der Waals surface area contributed by atoms with Crippen LogP contribution in [0.2, 0.25) is 0 Å². The van der Waals surface area contributed by atoms with Crippen molar-refractivity contribution in [1.82, 2.24) is 19.9 Å². The van der Waals surface area contributed by atoms with Gasteiger partial charge in [-0.3, -0.25) is 9.78 Å². The first kappa shape index (κ1) is 19.8. The maximum Gasteiger partial charge on any atom is 0.251 e. The van der Waals surface area contributed by atoms with Crippen molar-refractivity contribution in [1.29, 1.82) is 0 Å². The van der Waals surface area contributed by atoms with Crippen molar-refractivity contribution in [3.8, 4) is 11.1 Å². The lowest BCUT2D eigenvalue weighted by Gasteiger charge is -2.32. The van der Waals surface area contributed by atoms with E-state index in [0.29, 0.717) is 17.9 Å². The van der Waals surface area contributed by atoms with E-state index in [1.807, 2.05) is 26.0 Å². The van der Waals surface area contributed by atoms with Gasteiger partial charge in [0.1, 0.15) is 11.6 Å². The van der Waals surface area contributed by atoms with Gasteiger partial charge in [-0.15, -0.1) is 0 Å². The standard InChI is InChI=1S/C24H23FN4O/c1-15(16(2)24-26-10-8-23(30)28-24)17(3)29-11-9-22-19(14-29)12-18(13-27-22)20-6-4-5-7-21(20)25/h4-8,10,12-13H,3,9,11,14H2,1-2H3,(H,26,28,30)/b16-15-. The molecule has 0 radical (unpaired) electrons. The summed E-state index contributed by atoms with van der Waals surface area (Å²) in [6.45, 7) is 9.63. The zero-order chi connectivity index (χ0) is 21.3. The highest BCUT2D eigenvalue weighted by molar-refractivity contribution is 5.66. The summed E-state index contributed by atoms with van der Waals surface area (Å²) in [5.74, 6) is 0.289. The molecule has 0 spiro atoms. The fourth-order valence-electron chi connectivity index (χ4n) is 3.69. The van der Waals surface area contributed by atoms with Crippen LogP contribution in [0.25, 0.3) is 16.7 Å². The van der Waals surface area contributed by atoms with Crippen molar-refractivity contribution >= 4 is 5.57 Å². The zero-order valence-electron chi connectivity index (χ0n) is 17.1. The summed E-state index contributed by atoms with van der Waals surface area (Å²) >= 11 is 0. The molecule has 3 heterocycles. The van der Waals surface area contributed by atoms with Crippen molar-refractivity contribution < 1.29 is 4.39 Å². The first-order valence-electron chi connectivity index (χ1n) is 9.84. The number of nitrogens with one attached hydrogen (secondary N) is 1. The van der Waals surface area contributed by atoms with Crippen molar-refractivity contribution in [2.75, 3.05) is 6.54 Å². The fourth-order valence-corrected chi connectivity index (χ4v) is 3.69. The Labute approximate surface area is 174 Å². The molecule has 4 rings (SSSR count). The molecule has 1 aromatic carbocycles. The van der Waals surface area contributed by atoms with Gasteiger partial charge in [0.2, 0.25) is 0 Å². The third kappa shape index (κ3) is 3.81. The number of benzene rings is 1. The van der Waals surface area contributed by atoms with Crippen LogP contribution in [-0.4, -0.2) is 26.4 Å². The molecule has 0 saturated carbocycles. The van der Waals surface area contributed by atoms with E-state index >= 15 is 0 Å². The van der Waals surface area contributed by atoms with Gasteiger partial charge in [0, 0.05) is 60.5 Å². The van der Waals surface area contributed by atoms with E-state index in [2.05, 4.69) is 26.4 Å². The summed E-state index contributed by atoms with van der Waals surface area (Å²) in [6, 6.07) is 10.1. The number of aromatic amines is 1. The summed E-state index contributed by atoms with van der Waals surface area (Å²) < 4.78 is 14.2. The summed E-state index contributed by atoms with van der Waals surface area (Å²) in [6.07, 6.45) is 4.04. The number of halogens is 1. The monoisotopic (exact) mass is 402 g/mol. The number of rotatable bonds is 4. The average molecular weight is 402 g/mol. The van der Waals surface area contributed by atoms with E-state index in [-0.39, 0.29) is 11.4 Å². The van der Waals surface area contributed by atoms with Crippen molar-refractivity contribution in [2.45, 2.75) is 26.8 Å². The SMILES string of the molecule is C=C(/C(C)=C(/C)c1nccc(=O)[nH]1)N1CCc2ncc(-c3ccccc3F)cc2C1. The molecule has 6 heteroatoms. The van der Waals surface area contributed by atoms with E-state index < -0.39 is 0 Å². The Morgan fingerprint density at radius 2 is 2.00 bits per heavy atom. The largest absolute Gasteiger partial charge is 0.367 e. The molecule has 0 amide bonds. The van der Waals surface area contributed by atoms with Gasteiger partial charge >= 0.3 is 0 Å².